The Labute approximate surface area is 118 Å². The van der Waals surface area contributed by atoms with Crippen LogP contribution < -0.4 is 4.74 Å². The summed E-state index contributed by atoms with van der Waals surface area (Å²) >= 11 is 0. The van der Waals surface area contributed by atoms with Crippen LogP contribution in [0.25, 0.3) is 0 Å². The summed E-state index contributed by atoms with van der Waals surface area (Å²) in [6, 6.07) is 11.7. The fraction of sp³-hybridized carbons (Fsp3) is 0.235. The van der Waals surface area contributed by atoms with Gasteiger partial charge in [-0.15, -0.1) is 0 Å². The van der Waals surface area contributed by atoms with E-state index in [4.69, 9.17) is 4.74 Å². The monoisotopic (exact) mass is 272 g/mol. The van der Waals surface area contributed by atoms with Gasteiger partial charge in [-0.05, 0) is 42.7 Å². The van der Waals surface area contributed by atoms with Crippen molar-refractivity contribution in [3.8, 4) is 5.75 Å². The molecular weight excluding hydrogens is 255 g/mol. The first-order valence-electron chi connectivity index (χ1n) is 6.61. The number of Topliss-reactive ketones (excluding diaryl/α,β-unsaturated/α-hetero) is 1. The number of hydrogen-bond acceptors (Lipinski definition) is 2. The summed E-state index contributed by atoms with van der Waals surface area (Å²) in [5, 5.41) is 0. The number of benzene rings is 2. The van der Waals surface area contributed by atoms with Crippen LogP contribution in [0.3, 0.4) is 0 Å². The predicted molar refractivity (Wildman–Crippen MR) is 76.8 cm³/mol. The van der Waals surface area contributed by atoms with Gasteiger partial charge >= 0.3 is 0 Å². The van der Waals surface area contributed by atoms with Crippen molar-refractivity contribution in [3.05, 3.63) is 65.0 Å². The molecule has 0 bridgehead atoms. The van der Waals surface area contributed by atoms with Gasteiger partial charge in [0.25, 0.3) is 0 Å². The van der Waals surface area contributed by atoms with E-state index in [2.05, 4.69) is 6.92 Å². The lowest BCUT2D eigenvalue weighted by molar-refractivity contribution is 0.0921. The van der Waals surface area contributed by atoms with E-state index in [1.165, 1.54) is 23.8 Å². The van der Waals surface area contributed by atoms with Gasteiger partial charge in [0.1, 0.15) is 11.6 Å². The van der Waals surface area contributed by atoms with Crippen LogP contribution in [0.5, 0.6) is 5.75 Å². The molecule has 2 aromatic rings. The normalized spacial score (nSPS) is 10.3. The smallest absolute Gasteiger partial charge is 0.200 e. The molecule has 0 fully saturated rings. The number of halogens is 1. The van der Waals surface area contributed by atoms with Crippen molar-refractivity contribution in [1.29, 1.82) is 0 Å². The molecule has 0 heterocycles. The molecule has 2 nitrogen and oxygen atoms in total. The predicted octanol–water partition coefficient (Wildman–Crippen LogP) is 3.96. The summed E-state index contributed by atoms with van der Waals surface area (Å²) in [7, 11) is 0. The highest BCUT2D eigenvalue weighted by Crippen LogP contribution is 2.18. The number of aryl methyl sites for hydroxylation is 2. The molecule has 104 valence electrons. The molecule has 0 aliphatic carbocycles. The topological polar surface area (TPSA) is 26.3 Å². The van der Waals surface area contributed by atoms with Gasteiger partial charge in [-0.3, -0.25) is 4.79 Å². The van der Waals surface area contributed by atoms with Crippen LogP contribution in [-0.4, -0.2) is 12.4 Å². The molecule has 0 saturated carbocycles. The molecule has 0 saturated heterocycles. The van der Waals surface area contributed by atoms with Crippen molar-refractivity contribution in [1.82, 2.24) is 0 Å². The highest BCUT2D eigenvalue weighted by Gasteiger charge is 2.08. The summed E-state index contributed by atoms with van der Waals surface area (Å²) in [6.45, 7) is 3.77. The van der Waals surface area contributed by atoms with Gasteiger partial charge in [0.05, 0.1) is 0 Å². The van der Waals surface area contributed by atoms with Crippen molar-refractivity contribution in [2.24, 2.45) is 0 Å². The molecular formula is C17H17FO2. The third-order valence-corrected chi connectivity index (χ3v) is 3.18. The second-order valence-corrected chi connectivity index (χ2v) is 4.67. The average molecular weight is 272 g/mol. The van der Waals surface area contributed by atoms with Crippen LogP contribution in [0.1, 0.15) is 28.4 Å². The maximum absolute atomic E-state index is 13.0. The molecule has 0 unspecified atom stereocenters. The van der Waals surface area contributed by atoms with Crippen molar-refractivity contribution in [2.45, 2.75) is 20.3 Å². The third kappa shape index (κ3) is 3.44. The van der Waals surface area contributed by atoms with E-state index < -0.39 is 0 Å². The quantitative estimate of drug-likeness (QED) is 0.770. The number of rotatable bonds is 5. The first kappa shape index (κ1) is 14.3. The Bertz CT molecular complexity index is 603. The second-order valence-electron chi connectivity index (χ2n) is 4.67. The molecule has 2 aromatic carbocycles. The van der Waals surface area contributed by atoms with Crippen LogP contribution in [-0.2, 0) is 6.42 Å². The van der Waals surface area contributed by atoms with Crippen LogP contribution >= 0.6 is 0 Å². The lowest BCUT2D eigenvalue weighted by atomic mass is 10.1. The number of hydrogen-bond donors (Lipinski definition) is 0. The molecule has 0 aromatic heterocycles. The Morgan fingerprint density at radius 2 is 1.85 bits per heavy atom. The summed E-state index contributed by atoms with van der Waals surface area (Å²) in [4.78, 5) is 12.0. The standard InChI is InChI=1S/C17H17FO2/c1-3-13-4-6-14(7-5-13)16(19)11-20-17-9-8-15(18)10-12(17)2/h4-10H,3,11H2,1-2H3. The van der Waals surface area contributed by atoms with E-state index in [9.17, 15) is 9.18 Å². The van der Waals surface area contributed by atoms with Gasteiger partial charge in [-0.1, -0.05) is 31.2 Å². The third-order valence-electron chi connectivity index (χ3n) is 3.18. The van der Waals surface area contributed by atoms with Gasteiger partial charge < -0.3 is 4.74 Å². The van der Waals surface area contributed by atoms with Crippen molar-refractivity contribution >= 4 is 5.78 Å². The summed E-state index contributed by atoms with van der Waals surface area (Å²) in [6.07, 6.45) is 0.944. The molecule has 0 atom stereocenters. The van der Waals surface area contributed by atoms with Gasteiger partial charge in [0, 0.05) is 5.56 Å². The average Bonchev–Trinajstić information content (AvgIpc) is 2.46. The molecule has 0 aliphatic heterocycles. The van der Waals surface area contributed by atoms with E-state index in [-0.39, 0.29) is 18.2 Å². The molecule has 0 aliphatic rings. The Morgan fingerprint density at radius 1 is 1.15 bits per heavy atom. The Morgan fingerprint density at radius 3 is 2.45 bits per heavy atom. The van der Waals surface area contributed by atoms with Gasteiger partial charge in [-0.25, -0.2) is 4.39 Å². The Kier molecular flexibility index (Phi) is 4.51. The van der Waals surface area contributed by atoms with E-state index in [0.717, 1.165) is 6.42 Å². The first-order chi connectivity index (χ1) is 9.60. The van der Waals surface area contributed by atoms with Crippen LogP contribution in [0, 0.1) is 12.7 Å². The molecule has 0 radical (unpaired) electrons. The number of ether oxygens (including phenoxy) is 1. The van der Waals surface area contributed by atoms with Gasteiger partial charge in [0.2, 0.25) is 0 Å². The minimum absolute atomic E-state index is 0.0437. The zero-order valence-corrected chi connectivity index (χ0v) is 11.7. The highest BCUT2D eigenvalue weighted by molar-refractivity contribution is 5.97. The summed E-state index contributed by atoms with van der Waals surface area (Å²) < 4.78 is 18.4. The summed E-state index contributed by atoms with van der Waals surface area (Å²) in [5.41, 5.74) is 2.50. The van der Waals surface area contributed by atoms with Gasteiger partial charge in [-0.2, -0.15) is 0 Å². The van der Waals surface area contributed by atoms with E-state index >= 15 is 0 Å². The van der Waals surface area contributed by atoms with Crippen molar-refractivity contribution < 1.29 is 13.9 Å². The molecule has 2 rings (SSSR count). The minimum atomic E-state index is -0.309. The fourth-order valence-electron chi connectivity index (χ4n) is 1.93. The van der Waals surface area contributed by atoms with Crippen LogP contribution in [0.2, 0.25) is 0 Å². The van der Waals surface area contributed by atoms with Crippen LogP contribution in [0.4, 0.5) is 4.39 Å². The number of carbonyl (C=O) groups is 1. The van der Waals surface area contributed by atoms with Crippen LogP contribution in [0.15, 0.2) is 42.5 Å². The molecule has 0 N–H and O–H groups in total. The van der Waals surface area contributed by atoms with E-state index in [1.807, 2.05) is 24.3 Å². The molecule has 20 heavy (non-hydrogen) atoms. The van der Waals surface area contributed by atoms with E-state index in [1.54, 1.807) is 6.92 Å². The Balaban J connectivity index is 2.00. The lowest BCUT2D eigenvalue weighted by Gasteiger charge is -2.08. The molecule has 3 heteroatoms. The maximum Gasteiger partial charge on any atom is 0.200 e. The molecule has 0 amide bonds. The summed E-state index contributed by atoms with van der Waals surface area (Å²) in [5.74, 6) is 0.137. The highest BCUT2D eigenvalue weighted by atomic mass is 19.1. The maximum atomic E-state index is 13.0. The minimum Gasteiger partial charge on any atom is -0.485 e. The molecule has 0 spiro atoms. The first-order valence-corrected chi connectivity index (χ1v) is 6.61. The number of carbonyl (C=O) groups excluding carboxylic acids is 1. The fourth-order valence-corrected chi connectivity index (χ4v) is 1.93. The Hall–Kier alpha value is -2.16. The second kappa shape index (κ2) is 6.33. The SMILES string of the molecule is CCc1ccc(C(=O)COc2ccc(F)cc2C)cc1. The number of ketones is 1. The van der Waals surface area contributed by atoms with E-state index in [0.29, 0.717) is 16.9 Å². The van der Waals surface area contributed by atoms with Gasteiger partial charge in [0.15, 0.2) is 12.4 Å². The van der Waals surface area contributed by atoms with Crippen molar-refractivity contribution in [3.63, 3.8) is 0 Å². The van der Waals surface area contributed by atoms with Crippen molar-refractivity contribution in [2.75, 3.05) is 6.61 Å². The zero-order chi connectivity index (χ0) is 14.5. The largest absolute Gasteiger partial charge is 0.485 e. The zero-order valence-electron chi connectivity index (χ0n) is 11.7. The lowest BCUT2D eigenvalue weighted by Crippen LogP contribution is -2.12.